The topological polar surface area (TPSA) is 75.6 Å². The monoisotopic (exact) mass is 378 g/mol. The largest absolute Gasteiger partial charge is 0.497 e. The standard InChI is InChI=1S/C20H18N4O2S/c1-12-16-9-14(5-8-17(16)22-19(12)25)18-11-27-20(23-18)24-21-10-13-3-6-15(26-2)7-4-13/h3-12H,1-2H3,(H,22,25)(H,23,24)/b21-10-/t12-/m0/s1. The minimum atomic E-state index is -0.134. The molecule has 3 aromatic rings. The Morgan fingerprint density at radius 3 is 2.85 bits per heavy atom. The molecule has 4 rings (SSSR count). The fraction of sp³-hybridized carbons (Fsp3) is 0.150. The summed E-state index contributed by atoms with van der Waals surface area (Å²) in [5.74, 6) is 0.714. The van der Waals surface area contributed by atoms with Crippen molar-refractivity contribution in [1.82, 2.24) is 4.98 Å². The molecule has 2 N–H and O–H groups in total. The first kappa shape index (κ1) is 17.2. The van der Waals surface area contributed by atoms with E-state index in [0.29, 0.717) is 5.13 Å². The van der Waals surface area contributed by atoms with E-state index in [0.717, 1.165) is 33.8 Å². The van der Waals surface area contributed by atoms with Gasteiger partial charge < -0.3 is 10.1 Å². The molecule has 1 atom stereocenters. The van der Waals surface area contributed by atoms with Gasteiger partial charge in [-0.2, -0.15) is 5.10 Å². The number of nitrogens with zero attached hydrogens (tertiary/aromatic N) is 2. The zero-order valence-corrected chi connectivity index (χ0v) is 15.7. The summed E-state index contributed by atoms with van der Waals surface area (Å²) in [5.41, 5.74) is 7.66. The fourth-order valence-corrected chi connectivity index (χ4v) is 3.55. The van der Waals surface area contributed by atoms with Gasteiger partial charge in [-0.05, 0) is 54.4 Å². The molecule has 7 heteroatoms. The molecule has 1 aliphatic heterocycles. The van der Waals surface area contributed by atoms with Crippen LogP contribution < -0.4 is 15.5 Å². The Labute approximate surface area is 160 Å². The van der Waals surface area contributed by atoms with Crippen LogP contribution in [0.5, 0.6) is 5.75 Å². The van der Waals surface area contributed by atoms with E-state index >= 15 is 0 Å². The summed E-state index contributed by atoms with van der Waals surface area (Å²) in [4.78, 5) is 16.4. The van der Waals surface area contributed by atoms with Crippen molar-refractivity contribution in [2.45, 2.75) is 12.8 Å². The number of carbonyl (C=O) groups is 1. The molecule has 27 heavy (non-hydrogen) atoms. The average molecular weight is 378 g/mol. The molecule has 0 aliphatic carbocycles. The quantitative estimate of drug-likeness (QED) is 0.512. The lowest BCUT2D eigenvalue weighted by Crippen LogP contribution is -2.08. The van der Waals surface area contributed by atoms with Crippen molar-refractivity contribution in [1.29, 1.82) is 0 Å². The Morgan fingerprint density at radius 2 is 2.07 bits per heavy atom. The third-order valence-electron chi connectivity index (χ3n) is 4.46. The molecule has 6 nitrogen and oxygen atoms in total. The lowest BCUT2D eigenvalue weighted by atomic mass is 10.00. The second-order valence-corrected chi connectivity index (χ2v) is 7.05. The van der Waals surface area contributed by atoms with Gasteiger partial charge in [-0.25, -0.2) is 4.98 Å². The van der Waals surface area contributed by atoms with Gasteiger partial charge >= 0.3 is 0 Å². The second-order valence-electron chi connectivity index (χ2n) is 6.19. The minimum absolute atomic E-state index is 0.0376. The Morgan fingerprint density at radius 1 is 1.26 bits per heavy atom. The van der Waals surface area contributed by atoms with E-state index in [9.17, 15) is 4.79 Å². The van der Waals surface area contributed by atoms with Crippen molar-refractivity contribution in [3.05, 3.63) is 59.0 Å². The predicted molar refractivity (Wildman–Crippen MR) is 109 cm³/mol. The minimum Gasteiger partial charge on any atom is -0.497 e. The zero-order valence-electron chi connectivity index (χ0n) is 14.9. The summed E-state index contributed by atoms with van der Waals surface area (Å²) < 4.78 is 5.14. The van der Waals surface area contributed by atoms with E-state index in [1.54, 1.807) is 13.3 Å². The highest BCUT2D eigenvalue weighted by molar-refractivity contribution is 7.14. The molecular formula is C20H18N4O2S. The summed E-state index contributed by atoms with van der Waals surface area (Å²) in [6.07, 6.45) is 1.73. The first-order chi connectivity index (χ1) is 13.1. The average Bonchev–Trinajstić information content (AvgIpc) is 3.27. The highest BCUT2D eigenvalue weighted by atomic mass is 32.1. The third-order valence-corrected chi connectivity index (χ3v) is 5.21. The van der Waals surface area contributed by atoms with Gasteiger partial charge in [0.25, 0.3) is 0 Å². The molecule has 1 aliphatic rings. The molecule has 0 saturated heterocycles. The molecule has 0 fully saturated rings. The van der Waals surface area contributed by atoms with Gasteiger partial charge in [0.15, 0.2) is 0 Å². The van der Waals surface area contributed by atoms with Crippen molar-refractivity contribution in [3.8, 4) is 17.0 Å². The van der Waals surface area contributed by atoms with Crippen molar-refractivity contribution >= 4 is 34.3 Å². The molecule has 2 heterocycles. The Kier molecular flexibility index (Phi) is 4.60. The molecule has 0 spiro atoms. The second kappa shape index (κ2) is 7.20. The smallest absolute Gasteiger partial charge is 0.231 e. The van der Waals surface area contributed by atoms with Crippen LogP contribution in [-0.4, -0.2) is 24.2 Å². The summed E-state index contributed by atoms with van der Waals surface area (Å²) in [6, 6.07) is 13.6. The normalized spacial score (nSPS) is 15.6. The van der Waals surface area contributed by atoms with Gasteiger partial charge in [0, 0.05) is 16.6 Å². The first-order valence-electron chi connectivity index (χ1n) is 8.48. The maximum atomic E-state index is 11.8. The van der Waals surface area contributed by atoms with Gasteiger partial charge in [0.05, 0.1) is 24.9 Å². The van der Waals surface area contributed by atoms with E-state index < -0.39 is 0 Å². The lowest BCUT2D eigenvalue weighted by Gasteiger charge is -2.03. The number of thiazole rings is 1. The van der Waals surface area contributed by atoms with Gasteiger partial charge in [-0.3, -0.25) is 10.2 Å². The van der Waals surface area contributed by atoms with Gasteiger partial charge in [0.1, 0.15) is 5.75 Å². The number of rotatable bonds is 5. The number of benzene rings is 2. The Hall–Kier alpha value is -3.19. The lowest BCUT2D eigenvalue weighted by molar-refractivity contribution is -0.116. The molecule has 2 aromatic carbocycles. The van der Waals surface area contributed by atoms with Crippen LogP contribution in [0.25, 0.3) is 11.3 Å². The number of hydrogen-bond donors (Lipinski definition) is 2. The van der Waals surface area contributed by atoms with Crippen molar-refractivity contribution in [2.75, 3.05) is 17.9 Å². The number of carbonyl (C=O) groups excluding carboxylic acids is 1. The molecule has 1 amide bonds. The zero-order chi connectivity index (χ0) is 18.8. The summed E-state index contributed by atoms with van der Waals surface area (Å²) in [7, 11) is 1.64. The predicted octanol–water partition coefficient (Wildman–Crippen LogP) is 4.32. The number of anilines is 2. The molecular weight excluding hydrogens is 360 g/mol. The molecule has 1 aromatic heterocycles. The Balaban J connectivity index is 1.46. The molecule has 0 bridgehead atoms. The number of methoxy groups -OCH3 is 1. The first-order valence-corrected chi connectivity index (χ1v) is 9.36. The number of ether oxygens (including phenoxy) is 1. The van der Waals surface area contributed by atoms with Crippen molar-refractivity contribution in [2.24, 2.45) is 5.10 Å². The fourth-order valence-electron chi connectivity index (χ4n) is 2.89. The van der Waals surface area contributed by atoms with E-state index in [1.807, 2.05) is 54.8 Å². The van der Waals surface area contributed by atoms with E-state index in [-0.39, 0.29) is 11.8 Å². The number of amides is 1. The molecule has 0 unspecified atom stereocenters. The van der Waals surface area contributed by atoms with Crippen molar-refractivity contribution in [3.63, 3.8) is 0 Å². The number of nitrogens with one attached hydrogen (secondary N) is 2. The Bertz CT molecular complexity index is 1010. The molecule has 0 radical (unpaired) electrons. The van der Waals surface area contributed by atoms with Crippen LogP contribution in [0.15, 0.2) is 52.9 Å². The van der Waals surface area contributed by atoms with Gasteiger partial charge in [0.2, 0.25) is 11.0 Å². The number of fused-ring (bicyclic) bond motifs is 1. The maximum Gasteiger partial charge on any atom is 0.231 e. The summed E-state index contributed by atoms with van der Waals surface area (Å²) >= 11 is 1.48. The summed E-state index contributed by atoms with van der Waals surface area (Å²) in [6.45, 7) is 1.91. The number of aromatic nitrogens is 1. The SMILES string of the molecule is COc1ccc(/C=N\Nc2nc(-c3ccc4c(c3)[C@H](C)C(=O)N4)cs2)cc1. The van der Waals surface area contributed by atoms with Crippen molar-refractivity contribution < 1.29 is 9.53 Å². The highest BCUT2D eigenvalue weighted by Crippen LogP contribution is 2.36. The highest BCUT2D eigenvalue weighted by Gasteiger charge is 2.26. The van der Waals surface area contributed by atoms with Crippen LogP contribution >= 0.6 is 11.3 Å². The molecule has 136 valence electrons. The number of hydrazone groups is 1. The van der Waals surface area contributed by atoms with E-state index in [2.05, 4.69) is 20.8 Å². The van der Waals surface area contributed by atoms with Crippen LogP contribution in [0.2, 0.25) is 0 Å². The van der Waals surface area contributed by atoms with Crippen LogP contribution in [-0.2, 0) is 4.79 Å². The molecule has 0 saturated carbocycles. The van der Waals surface area contributed by atoms with Crippen LogP contribution in [0.4, 0.5) is 10.8 Å². The van der Waals surface area contributed by atoms with Crippen LogP contribution in [0, 0.1) is 0 Å². The van der Waals surface area contributed by atoms with E-state index in [4.69, 9.17) is 4.74 Å². The van der Waals surface area contributed by atoms with Crippen LogP contribution in [0.1, 0.15) is 24.0 Å². The number of hydrogen-bond acceptors (Lipinski definition) is 6. The third kappa shape index (κ3) is 3.54. The van der Waals surface area contributed by atoms with Crippen LogP contribution in [0.3, 0.4) is 0 Å². The summed E-state index contributed by atoms with van der Waals surface area (Å²) in [5, 5.41) is 9.80. The van der Waals surface area contributed by atoms with Gasteiger partial charge in [-0.15, -0.1) is 11.3 Å². The maximum absolute atomic E-state index is 11.8. The van der Waals surface area contributed by atoms with E-state index in [1.165, 1.54) is 11.3 Å². The van der Waals surface area contributed by atoms with Gasteiger partial charge in [-0.1, -0.05) is 6.07 Å².